The van der Waals surface area contributed by atoms with Gasteiger partial charge >= 0.3 is 0 Å². The molecule has 3 N–H and O–H groups in total. The minimum Gasteiger partial charge on any atom is -0.354 e. The van der Waals surface area contributed by atoms with Crippen LogP contribution in [-0.4, -0.2) is 18.0 Å². The maximum atomic E-state index is 11.4. The zero-order chi connectivity index (χ0) is 10.2. The summed E-state index contributed by atoms with van der Waals surface area (Å²) in [7, 11) is 0. The van der Waals surface area contributed by atoms with Gasteiger partial charge in [0.25, 0.3) is 0 Å². The molecule has 2 atom stereocenters. The lowest BCUT2D eigenvalue weighted by Crippen LogP contribution is -2.47. The molecule has 1 aromatic rings. The SMILES string of the molecule is C[C@@]1(N)C(=O)NC[C@@H]1c1ccccc1. The van der Waals surface area contributed by atoms with Crippen molar-refractivity contribution in [2.45, 2.75) is 18.4 Å². The van der Waals surface area contributed by atoms with Gasteiger partial charge in [-0.2, -0.15) is 0 Å². The number of carbonyl (C=O) groups excluding carboxylic acids is 1. The summed E-state index contributed by atoms with van der Waals surface area (Å²) in [6.07, 6.45) is 0. The van der Waals surface area contributed by atoms with E-state index in [1.54, 1.807) is 6.92 Å². The van der Waals surface area contributed by atoms with Gasteiger partial charge in [-0.15, -0.1) is 0 Å². The third-order valence-electron chi connectivity index (χ3n) is 2.88. The fraction of sp³-hybridized carbons (Fsp3) is 0.364. The Labute approximate surface area is 83.3 Å². The molecule has 1 fully saturated rings. The van der Waals surface area contributed by atoms with Crippen LogP contribution in [0.15, 0.2) is 30.3 Å². The molecule has 1 heterocycles. The van der Waals surface area contributed by atoms with E-state index in [0.717, 1.165) is 5.56 Å². The Hall–Kier alpha value is -1.35. The molecule has 1 aromatic carbocycles. The molecule has 3 nitrogen and oxygen atoms in total. The molecule has 2 rings (SSSR count). The Morgan fingerprint density at radius 3 is 2.57 bits per heavy atom. The molecule has 14 heavy (non-hydrogen) atoms. The summed E-state index contributed by atoms with van der Waals surface area (Å²) in [6.45, 7) is 2.42. The van der Waals surface area contributed by atoms with Crippen LogP contribution in [0.5, 0.6) is 0 Å². The van der Waals surface area contributed by atoms with Crippen molar-refractivity contribution in [1.82, 2.24) is 5.32 Å². The number of amides is 1. The molecule has 74 valence electrons. The second-order valence-corrected chi connectivity index (χ2v) is 3.96. The molecular weight excluding hydrogens is 176 g/mol. The van der Waals surface area contributed by atoms with Gasteiger partial charge in [-0.25, -0.2) is 0 Å². The molecule has 3 heteroatoms. The van der Waals surface area contributed by atoms with Gasteiger partial charge in [0, 0.05) is 12.5 Å². The third-order valence-corrected chi connectivity index (χ3v) is 2.88. The lowest BCUT2D eigenvalue weighted by atomic mass is 9.84. The van der Waals surface area contributed by atoms with E-state index < -0.39 is 5.54 Å². The Morgan fingerprint density at radius 1 is 1.43 bits per heavy atom. The lowest BCUT2D eigenvalue weighted by molar-refractivity contribution is -0.123. The van der Waals surface area contributed by atoms with Crippen LogP contribution in [0.2, 0.25) is 0 Å². The summed E-state index contributed by atoms with van der Waals surface area (Å²) in [5.41, 5.74) is 6.33. The largest absolute Gasteiger partial charge is 0.354 e. The van der Waals surface area contributed by atoms with Crippen LogP contribution in [-0.2, 0) is 4.79 Å². The summed E-state index contributed by atoms with van der Waals surface area (Å²) in [4.78, 5) is 11.4. The zero-order valence-electron chi connectivity index (χ0n) is 8.16. The first kappa shape index (κ1) is 9.21. The highest BCUT2D eigenvalue weighted by molar-refractivity contribution is 5.89. The van der Waals surface area contributed by atoms with Crippen LogP contribution in [0.4, 0.5) is 0 Å². The maximum Gasteiger partial charge on any atom is 0.240 e. The van der Waals surface area contributed by atoms with Crippen LogP contribution in [0.3, 0.4) is 0 Å². The quantitative estimate of drug-likeness (QED) is 0.682. The van der Waals surface area contributed by atoms with Crippen molar-refractivity contribution in [3.05, 3.63) is 35.9 Å². The molecule has 1 saturated heterocycles. The third kappa shape index (κ3) is 1.30. The van der Waals surface area contributed by atoms with E-state index in [4.69, 9.17) is 5.73 Å². The molecule has 0 saturated carbocycles. The summed E-state index contributed by atoms with van der Waals surface area (Å²) >= 11 is 0. The number of rotatable bonds is 1. The van der Waals surface area contributed by atoms with E-state index in [-0.39, 0.29) is 11.8 Å². The highest BCUT2D eigenvalue weighted by atomic mass is 16.2. The van der Waals surface area contributed by atoms with Crippen LogP contribution in [0.25, 0.3) is 0 Å². The molecular formula is C11H14N2O. The van der Waals surface area contributed by atoms with E-state index in [0.29, 0.717) is 6.54 Å². The normalized spacial score (nSPS) is 31.6. The minimum absolute atomic E-state index is 0.0636. The van der Waals surface area contributed by atoms with Crippen molar-refractivity contribution in [3.63, 3.8) is 0 Å². The number of hydrogen-bond acceptors (Lipinski definition) is 2. The van der Waals surface area contributed by atoms with Gasteiger partial charge in [-0.3, -0.25) is 4.79 Å². The van der Waals surface area contributed by atoms with Crippen molar-refractivity contribution in [2.75, 3.05) is 6.54 Å². The molecule has 0 aliphatic carbocycles. The highest BCUT2D eigenvalue weighted by Crippen LogP contribution is 2.29. The second-order valence-electron chi connectivity index (χ2n) is 3.96. The molecule has 0 aromatic heterocycles. The van der Waals surface area contributed by atoms with E-state index in [2.05, 4.69) is 5.32 Å². The maximum absolute atomic E-state index is 11.4. The van der Waals surface area contributed by atoms with Gasteiger partial charge in [0.05, 0.1) is 0 Å². The average Bonchev–Trinajstić information content (AvgIpc) is 2.44. The topological polar surface area (TPSA) is 55.1 Å². The monoisotopic (exact) mass is 190 g/mol. The van der Waals surface area contributed by atoms with Crippen molar-refractivity contribution < 1.29 is 4.79 Å². The number of nitrogens with one attached hydrogen (secondary N) is 1. The summed E-state index contributed by atoms with van der Waals surface area (Å²) in [5, 5.41) is 2.79. The van der Waals surface area contributed by atoms with Gasteiger partial charge in [0.1, 0.15) is 5.54 Å². The molecule has 1 aliphatic heterocycles. The van der Waals surface area contributed by atoms with Crippen molar-refractivity contribution in [2.24, 2.45) is 5.73 Å². The molecule has 0 spiro atoms. The Balaban J connectivity index is 2.33. The van der Waals surface area contributed by atoms with Crippen molar-refractivity contribution in [1.29, 1.82) is 0 Å². The first-order valence-corrected chi connectivity index (χ1v) is 4.74. The van der Waals surface area contributed by atoms with Crippen LogP contribution in [0.1, 0.15) is 18.4 Å². The van der Waals surface area contributed by atoms with Crippen LogP contribution >= 0.6 is 0 Å². The Bertz CT molecular complexity index is 346. The minimum atomic E-state index is -0.776. The predicted molar refractivity (Wildman–Crippen MR) is 54.8 cm³/mol. The van der Waals surface area contributed by atoms with Crippen molar-refractivity contribution in [3.8, 4) is 0 Å². The molecule has 0 bridgehead atoms. The first-order chi connectivity index (χ1) is 6.62. The van der Waals surface area contributed by atoms with Crippen LogP contribution in [0, 0.1) is 0 Å². The molecule has 1 aliphatic rings. The van der Waals surface area contributed by atoms with Gasteiger partial charge in [-0.05, 0) is 12.5 Å². The summed E-state index contributed by atoms with van der Waals surface area (Å²) in [5.74, 6) is 0.0163. The predicted octanol–water partition coefficient (Wildman–Crippen LogP) is 0.617. The fourth-order valence-corrected chi connectivity index (χ4v) is 1.90. The number of benzene rings is 1. The Morgan fingerprint density at radius 2 is 2.07 bits per heavy atom. The van der Waals surface area contributed by atoms with Gasteiger partial charge in [0.15, 0.2) is 0 Å². The average molecular weight is 190 g/mol. The number of nitrogens with two attached hydrogens (primary N) is 1. The van der Waals surface area contributed by atoms with Gasteiger partial charge in [-0.1, -0.05) is 30.3 Å². The van der Waals surface area contributed by atoms with E-state index in [1.807, 2.05) is 30.3 Å². The lowest BCUT2D eigenvalue weighted by Gasteiger charge is -2.23. The van der Waals surface area contributed by atoms with Gasteiger partial charge < -0.3 is 11.1 Å². The molecule has 0 radical (unpaired) electrons. The van der Waals surface area contributed by atoms with Crippen LogP contribution < -0.4 is 11.1 Å². The second kappa shape index (κ2) is 3.10. The zero-order valence-corrected chi connectivity index (χ0v) is 8.16. The smallest absolute Gasteiger partial charge is 0.240 e. The number of carbonyl (C=O) groups is 1. The Kier molecular flexibility index (Phi) is 2.04. The summed E-state index contributed by atoms with van der Waals surface area (Å²) < 4.78 is 0. The van der Waals surface area contributed by atoms with Crippen molar-refractivity contribution >= 4 is 5.91 Å². The highest BCUT2D eigenvalue weighted by Gasteiger charge is 2.43. The van der Waals surface area contributed by atoms with Gasteiger partial charge in [0.2, 0.25) is 5.91 Å². The van der Waals surface area contributed by atoms with E-state index in [9.17, 15) is 4.79 Å². The summed E-state index contributed by atoms with van der Waals surface area (Å²) in [6, 6.07) is 9.91. The van der Waals surface area contributed by atoms with E-state index >= 15 is 0 Å². The first-order valence-electron chi connectivity index (χ1n) is 4.74. The fourth-order valence-electron chi connectivity index (χ4n) is 1.90. The van der Waals surface area contributed by atoms with E-state index in [1.165, 1.54) is 0 Å². The molecule has 0 unspecified atom stereocenters. The standard InChI is InChI=1S/C11H14N2O/c1-11(12)9(7-13-10(11)14)8-5-3-2-4-6-8/h2-6,9H,7,12H2,1H3,(H,13,14)/t9-,11+/m1/s1. The molecule has 1 amide bonds. The number of hydrogen-bond donors (Lipinski definition) is 2.